The predicted octanol–water partition coefficient (Wildman–Crippen LogP) is 3.88. The number of aromatic nitrogens is 5. The minimum Gasteiger partial charge on any atom is -0.494 e. The van der Waals surface area contributed by atoms with Crippen LogP contribution in [-0.4, -0.2) is 61.8 Å². The van der Waals surface area contributed by atoms with Gasteiger partial charge in [0, 0.05) is 11.8 Å². The van der Waals surface area contributed by atoms with Crippen LogP contribution in [0.3, 0.4) is 0 Å². The minimum atomic E-state index is -0.577. The van der Waals surface area contributed by atoms with E-state index in [1.807, 2.05) is 41.8 Å². The topological polar surface area (TPSA) is 116 Å². The first-order valence-corrected chi connectivity index (χ1v) is 12.2. The van der Waals surface area contributed by atoms with Gasteiger partial charge in [0.2, 0.25) is 5.88 Å². The average molecular weight is 495 g/mol. The summed E-state index contributed by atoms with van der Waals surface area (Å²) in [6, 6.07) is 11.1. The number of nitrogens with one attached hydrogen (secondary N) is 1. The quantitative estimate of drug-likeness (QED) is 0.315. The third-order valence-electron chi connectivity index (χ3n) is 5.59. The number of nitrogens with zero attached hydrogens (tertiary/aromatic N) is 5. The van der Waals surface area contributed by atoms with Crippen LogP contribution >= 0.6 is 11.9 Å². The molecule has 182 valence electrons. The van der Waals surface area contributed by atoms with Crippen molar-refractivity contribution in [2.75, 3.05) is 31.3 Å². The van der Waals surface area contributed by atoms with Gasteiger partial charge in [-0.05, 0) is 49.9 Å². The Morgan fingerprint density at radius 1 is 1.06 bits per heavy atom. The third kappa shape index (κ3) is 4.69. The van der Waals surface area contributed by atoms with Crippen molar-refractivity contribution in [1.29, 1.82) is 0 Å². The number of imidazole rings is 1. The number of aliphatic hydroxyl groups is 1. The van der Waals surface area contributed by atoms with Gasteiger partial charge in [-0.2, -0.15) is 0 Å². The number of anilines is 1. The number of hydrogen-bond donors (Lipinski definition) is 2. The summed E-state index contributed by atoms with van der Waals surface area (Å²) in [4.78, 5) is 18.8. The van der Waals surface area contributed by atoms with Crippen molar-refractivity contribution in [3.63, 3.8) is 0 Å². The highest BCUT2D eigenvalue weighted by Gasteiger charge is 2.40. The van der Waals surface area contributed by atoms with Crippen LogP contribution in [0.25, 0.3) is 28.5 Å². The molecular weight excluding hydrogens is 468 g/mol. The molecule has 3 heterocycles. The fraction of sp³-hybridized carbons (Fsp3) is 0.333. The molecule has 0 bridgehead atoms. The molecule has 2 N–H and O–H groups in total. The van der Waals surface area contributed by atoms with Crippen LogP contribution in [0.15, 0.2) is 42.6 Å². The van der Waals surface area contributed by atoms with Crippen molar-refractivity contribution in [3.05, 3.63) is 42.6 Å². The fourth-order valence-corrected chi connectivity index (χ4v) is 4.51. The molecule has 3 aromatic heterocycles. The fourth-order valence-electron chi connectivity index (χ4n) is 3.64. The van der Waals surface area contributed by atoms with Gasteiger partial charge in [0.15, 0.2) is 22.9 Å². The second-order valence-electron chi connectivity index (χ2n) is 8.09. The molecule has 1 aliphatic carbocycles. The van der Waals surface area contributed by atoms with E-state index in [9.17, 15) is 5.11 Å². The minimum absolute atomic E-state index is 0.438. The lowest BCUT2D eigenvalue weighted by Gasteiger charge is -2.16. The van der Waals surface area contributed by atoms with Crippen LogP contribution in [0.1, 0.15) is 19.8 Å². The molecule has 1 aromatic carbocycles. The summed E-state index contributed by atoms with van der Waals surface area (Å²) in [5, 5.41) is 10.1. The highest BCUT2D eigenvalue weighted by molar-refractivity contribution is 8.00. The van der Waals surface area contributed by atoms with E-state index in [0.717, 1.165) is 12.8 Å². The summed E-state index contributed by atoms with van der Waals surface area (Å²) in [6.45, 7) is 2.41. The van der Waals surface area contributed by atoms with Gasteiger partial charge in [-0.3, -0.25) is 4.57 Å². The molecular formula is C24H26N6O4S. The molecule has 1 fully saturated rings. The molecule has 0 atom stereocenters. The first-order valence-electron chi connectivity index (χ1n) is 11.2. The summed E-state index contributed by atoms with van der Waals surface area (Å²) < 4.78 is 22.0. The molecule has 0 aliphatic heterocycles. The number of pyridine rings is 1. The van der Waals surface area contributed by atoms with Crippen LogP contribution in [-0.2, 0) is 0 Å². The highest BCUT2D eigenvalue weighted by Crippen LogP contribution is 2.39. The van der Waals surface area contributed by atoms with E-state index in [1.165, 1.54) is 11.9 Å². The molecule has 0 radical (unpaired) electrons. The first-order chi connectivity index (χ1) is 17.0. The van der Waals surface area contributed by atoms with E-state index in [2.05, 4.69) is 14.7 Å². The molecule has 10 nitrogen and oxygen atoms in total. The lowest BCUT2D eigenvalue weighted by atomic mass is 10.2. The summed E-state index contributed by atoms with van der Waals surface area (Å²) in [6.07, 6.45) is 3.27. The third-order valence-corrected chi connectivity index (χ3v) is 6.62. The second-order valence-corrected chi connectivity index (χ2v) is 8.88. The smallest absolute Gasteiger partial charge is 0.213 e. The Morgan fingerprint density at radius 3 is 2.49 bits per heavy atom. The van der Waals surface area contributed by atoms with E-state index in [1.54, 1.807) is 26.5 Å². The largest absolute Gasteiger partial charge is 0.494 e. The van der Waals surface area contributed by atoms with Crippen LogP contribution in [0, 0.1) is 0 Å². The molecule has 35 heavy (non-hydrogen) atoms. The lowest BCUT2D eigenvalue weighted by Crippen LogP contribution is -2.11. The normalized spacial score (nSPS) is 14.1. The standard InChI is InChI=1S/C24H26N6O4S/c1-4-34-19-10-5-7-15(26-19)22-28-21-23(27-18(13-25-21)29-35-14-24(31)11-12-24)30(22)20-16(32-2)8-6-9-17(20)33-3/h5-10,13,31H,4,11-12,14H2,1-3H3,(H,27,29). The number of fused-ring (bicyclic) bond motifs is 1. The number of benzene rings is 1. The Bertz CT molecular complexity index is 1340. The van der Waals surface area contributed by atoms with Gasteiger partial charge in [0.25, 0.3) is 0 Å². The lowest BCUT2D eigenvalue weighted by molar-refractivity contribution is 0.177. The van der Waals surface area contributed by atoms with Gasteiger partial charge in [-0.15, -0.1) is 0 Å². The molecule has 1 saturated carbocycles. The van der Waals surface area contributed by atoms with E-state index < -0.39 is 5.60 Å². The van der Waals surface area contributed by atoms with Crippen LogP contribution in [0.4, 0.5) is 5.82 Å². The maximum Gasteiger partial charge on any atom is 0.213 e. The van der Waals surface area contributed by atoms with Gasteiger partial charge in [-0.1, -0.05) is 12.1 Å². The Balaban J connectivity index is 1.67. The molecule has 4 aromatic rings. The summed E-state index contributed by atoms with van der Waals surface area (Å²) in [7, 11) is 3.20. The molecule has 1 aliphatic rings. The van der Waals surface area contributed by atoms with Crippen molar-refractivity contribution in [3.8, 4) is 34.6 Å². The molecule has 0 saturated heterocycles. The Labute approximate surface area is 206 Å². The zero-order valence-electron chi connectivity index (χ0n) is 19.7. The van der Waals surface area contributed by atoms with Gasteiger partial charge >= 0.3 is 0 Å². The second kappa shape index (κ2) is 9.59. The Hall–Kier alpha value is -3.57. The van der Waals surface area contributed by atoms with Crippen molar-refractivity contribution in [2.24, 2.45) is 0 Å². The number of hydrogen-bond acceptors (Lipinski definition) is 10. The number of para-hydroxylation sites is 1. The van der Waals surface area contributed by atoms with E-state index in [-0.39, 0.29) is 0 Å². The average Bonchev–Trinajstić information content (AvgIpc) is 3.49. The Morgan fingerprint density at radius 2 is 1.80 bits per heavy atom. The maximum atomic E-state index is 10.1. The zero-order chi connectivity index (χ0) is 24.4. The van der Waals surface area contributed by atoms with Crippen LogP contribution < -0.4 is 18.9 Å². The molecule has 0 unspecified atom stereocenters. The van der Waals surface area contributed by atoms with Gasteiger partial charge in [0.05, 0.1) is 32.6 Å². The summed E-state index contributed by atoms with van der Waals surface area (Å²) >= 11 is 1.40. The van der Waals surface area contributed by atoms with Gasteiger partial charge in [0.1, 0.15) is 22.9 Å². The van der Waals surface area contributed by atoms with E-state index in [4.69, 9.17) is 24.2 Å². The van der Waals surface area contributed by atoms with Crippen molar-refractivity contribution < 1.29 is 19.3 Å². The van der Waals surface area contributed by atoms with Gasteiger partial charge < -0.3 is 24.0 Å². The molecule has 0 spiro atoms. The SMILES string of the molecule is CCOc1cccc(-c2nc3ncc(NSCC4(O)CC4)nc3n2-c2c(OC)cccc2OC)n1. The summed E-state index contributed by atoms with van der Waals surface area (Å²) in [5.74, 6) is 3.29. The maximum absolute atomic E-state index is 10.1. The van der Waals surface area contributed by atoms with E-state index >= 15 is 0 Å². The predicted molar refractivity (Wildman–Crippen MR) is 134 cm³/mol. The van der Waals surface area contributed by atoms with Gasteiger partial charge in [-0.25, -0.2) is 19.9 Å². The van der Waals surface area contributed by atoms with E-state index in [0.29, 0.717) is 64.1 Å². The van der Waals surface area contributed by atoms with Crippen molar-refractivity contribution in [2.45, 2.75) is 25.4 Å². The number of methoxy groups -OCH3 is 2. The van der Waals surface area contributed by atoms with Crippen LogP contribution in [0.5, 0.6) is 17.4 Å². The van der Waals surface area contributed by atoms with Crippen LogP contribution in [0.2, 0.25) is 0 Å². The van der Waals surface area contributed by atoms with Crippen molar-refractivity contribution >= 4 is 29.1 Å². The van der Waals surface area contributed by atoms with Crippen molar-refractivity contribution in [1.82, 2.24) is 24.5 Å². The Kier molecular flexibility index (Phi) is 6.35. The first kappa shape index (κ1) is 23.2. The molecule has 11 heteroatoms. The molecule has 5 rings (SSSR count). The number of ether oxygens (including phenoxy) is 3. The monoisotopic (exact) mass is 494 g/mol. The molecule has 0 amide bonds. The summed E-state index contributed by atoms with van der Waals surface area (Å²) in [5.41, 5.74) is 1.58. The zero-order valence-corrected chi connectivity index (χ0v) is 20.5. The number of rotatable bonds is 10. The highest BCUT2D eigenvalue weighted by atomic mass is 32.2.